The molecular formula is C60H66N4O8. The van der Waals surface area contributed by atoms with Crippen LogP contribution in [0, 0.1) is 13.8 Å². The number of aryl methyl sites for hydroxylation is 2. The van der Waals surface area contributed by atoms with Crippen LogP contribution in [-0.4, -0.2) is 95.8 Å². The van der Waals surface area contributed by atoms with E-state index in [1.807, 2.05) is 98.8 Å². The van der Waals surface area contributed by atoms with Gasteiger partial charge in [-0.1, -0.05) is 145 Å². The lowest BCUT2D eigenvalue weighted by Gasteiger charge is -2.40. The summed E-state index contributed by atoms with van der Waals surface area (Å²) in [6.45, 7) is 9.15. The van der Waals surface area contributed by atoms with Crippen molar-refractivity contribution in [1.29, 1.82) is 0 Å². The second-order valence-corrected chi connectivity index (χ2v) is 19.0. The van der Waals surface area contributed by atoms with Gasteiger partial charge in [0, 0.05) is 75.6 Å². The van der Waals surface area contributed by atoms with Crippen LogP contribution >= 0.6 is 0 Å². The number of carbonyl (C=O) groups is 4. The van der Waals surface area contributed by atoms with Crippen LogP contribution < -0.4 is 9.47 Å². The number of hydrogen-bond acceptors (Lipinski definition) is 10. The summed E-state index contributed by atoms with van der Waals surface area (Å²) >= 11 is 0. The van der Waals surface area contributed by atoms with Crippen molar-refractivity contribution in [1.82, 2.24) is 19.6 Å². The molecule has 2 unspecified atom stereocenters. The van der Waals surface area contributed by atoms with Crippen LogP contribution in [0.5, 0.6) is 11.5 Å². The quantitative estimate of drug-likeness (QED) is 0.0609. The van der Waals surface area contributed by atoms with E-state index in [4.69, 9.17) is 18.9 Å². The molecule has 12 heteroatoms. The van der Waals surface area contributed by atoms with E-state index in [0.717, 1.165) is 61.5 Å². The highest BCUT2D eigenvalue weighted by Gasteiger charge is 2.40. The number of carbonyl (C=O) groups excluding carboxylic acids is 4. The molecule has 6 aromatic rings. The van der Waals surface area contributed by atoms with E-state index in [9.17, 15) is 9.59 Å². The number of amides is 2. The lowest BCUT2D eigenvalue weighted by Crippen LogP contribution is -2.49. The van der Waals surface area contributed by atoms with Gasteiger partial charge >= 0.3 is 11.9 Å². The van der Waals surface area contributed by atoms with Crippen molar-refractivity contribution < 1.29 is 38.1 Å². The Morgan fingerprint density at radius 3 is 1.11 bits per heavy atom. The molecule has 0 N–H and O–H groups in total. The summed E-state index contributed by atoms with van der Waals surface area (Å²) < 4.78 is 23.0. The van der Waals surface area contributed by atoms with Crippen molar-refractivity contribution in [3.63, 3.8) is 0 Å². The third-order valence-electron chi connectivity index (χ3n) is 13.9. The van der Waals surface area contributed by atoms with E-state index in [-0.39, 0.29) is 25.2 Å². The van der Waals surface area contributed by atoms with E-state index in [2.05, 4.69) is 34.1 Å². The molecule has 0 radical (unpaired) electrons. The average Bonchev–Trinajstić information content (AvgIpc) is 3.42. The number of ether oxygens (including phenoxy) is 4. The molecule has 0 bridgehead atoms. The zero-order valence-corrected chi connectivity index (χ0v) is 41.9. The zero-order valence-electron chi connectivity index (χ0n) is 41.9. The standard InChI is InChI=1S/C60H66N4O8/c1-43-15-19-47(20-16-43)41-63(51-31-35-61(36-32-51)39-45-11-7-5-8-12-45)57(65)55(49-23-27-53(69-3)28-24-49)71-59(67)60(68)72-56(50-25-29-54(70-4)30-26-50)58(66)64(42-48-21-17-44(2)18-22-48)52-33-37-62(38-34-52)40-46-13-9-6-10-14-46/h5-30,51-52,55-56H,31-42H2,1-4H3. The van der Waals surface area contributed by atoms with Gasteiger partial charge in [-0.2, -0.15) is 0 Å². The minimum atomic E-state index is -1.53. The number of likely N-dealkylation sites (tertiary alicyclic amines) is 2. The fraction of sp³-hybridized carbons (Fsp3) is 0.333. The number of methoxy groups -OCH3 is 2. The van der Waals surface area contributed by atoms with Crippen LogP contribution in [0.3, 0.4) is 0 Å². The number of rotatable bonds is 18. The molecule has 0 aromatic heterocycles. The summed E-state index contributed by atoms with van der Waals surface area (Å²) in [4.78, 5) is 67.7. The predicted octanol–water partition coefficient (Wildman–Crippen LogP) is 9.58. The maximum Gasteiger partial charge on any atom is 0.418 e. The zero-order chi connectivity index (χ0) is 50.4. The molecule has 2 amide bonds. The first-order valence-electron chi connectivity index (χ1n) is 25.0. The SMILES string of the molecule is COc1ccc(C(OC(=O)C(=O)OC(C(=O)N(Cc2ccc(C)cc2)C2CCN(Cc3ccccc3)CC2)c2ccc(OC)cc2)C(=O)N(Cc2ccc(C)cc2)C2CCN(Cc3ccccc3)CC2)cc1. The molecule has 2 aliphatic rings. The van der Waals surface area contributed by atoms with E-state index in [1.165, 1.54) is 11.1 Å². The molecule has 374 valence electrons. The highest BCUT2D eigenvalue weighted by atomic mass is 16.6. The highest BCUT2D eigenvalue weighted by molar-refractivity contribution is 6.30. The Hall–Kier alpha value is -7.28. The number of esters is 2. The topological polar surface area (TPSA) is 118 Å². The summed E-state index contributed by atoms with van der Waals surface area (Å²) in [7, 11) is 3.08. The van der Waals surface area contributed by atoms with Gasteiger partial charge in [-0.15, -0.1) is 0 Å². The molecule has 6 aromatic carbocycles. The molecule has 72 heavy (non-hydrogen) atoms. The largest absolute Gasteiger partial charge is 0.497 e. The van der Waals surface area contributed by atoms with Crippen LogP contribution in [0.1, 0.15) is 82.4 Å². The number of hydrogen-bond donors (Lipinski definition) is 0. The van der Waals surface area contributed by atoms with Gasteiger partial charge in [0.05, 0.1) is 14.2 Å². The van der Waals surface area contributed by atoms with Crippen LogP contribution in [0.15, 0.2) is 158 Å². The van der Waals surface area contributed by atoms with Gasteiger partial charge in [-0.3, -0.25) is 19.4 Å². The molecule has 2 saturated heterocycles. The van der Waals surface area contributed by atoms with Gasteiger partial charge in [-0.25, -0.2) is 9.59 Å². The van der Waals surface area contributed by atoms with Gasteiger partial charge in [0.25, 0.3) is 11.8 Å². The first-order valence-corrected chi connectivity index (χ1v) is 25.0. The van der Waals surface area contributed by atoms with E-state index in [0.29, 0.717) is 48.3 Å². The summed E-state index contributed by atoms with van der Waals surface area (Å²) in [5, 5.41) is 0. The average molecular weight is 971 g/mol. The Labute approximate surface area is 424 Å². The van der Waals surface area contributed by atoms with Crippen LogP contribution in [0.25, 0.3) is 0 Å². The number of piperidine rings is 2. The molecule has 2 atom stereocenters. The Bertz CT molecular complexity index is 2500. The maximum absolute atomic E-state index is 15.3. The Balaban J connectivity index is 1.06. The van der Waals surface area contributed by atoms with Gasteiger partial charge in [0.2, 0.25) is 12.2 Å². The third-order valence-corrected chi connectivity index (χ3v) is 13.9. The maximum atomic E-state index is 15.3. The molecule has 2 heterocycles. The van der Waals surface area contributed by atoms with Crippen molar-refractivity contribution in [2.45, 2.75) is 90.0 Å². The minimum Gasteiger partial charge on any atom is -0.497 e. The van der Waals surface area contributed by atoms with Crippen molar-refractivity contribution in [2.24, 2.45) is 0 Å². The van der Waals surface area contributed by atoms with Crippen molar-refractivity contribution >= 4 is 23.8 Å². The lowest BCUT2D eigenvalue weighted by molar-refractivity contribution is -0.181. The van der Waals surface area contributed by atoms with Gasteiger partial charge < -0.3 is 28.7 Å². The summed E-state index contributed by atoms with van der Waals surface area (Å²) in [6.07, 6.45) is -0.311. The Morgan fingerprint density at radius 1 is 0.458 bits per heavy atom. The number of nitrogens with zero attached hydrogens (tertiary/aromatic N) is 4. The second kappa shape index (κ2) is 24.7. The predicted molar refractivity (Wildman–Crippen MR) is 277 cm³/mol. The molecule has 0 spiro atoms. The highest BCUT2D eigenvalue weighted by Crippen LogP contribution is 2.32. The first-order chi connectivity index (χ1) is 35.0. The van der Waals surface area contributed by atoms with Gasteiger partial charge in [0.15, 0.2) is 0 Å². The molecule has 0 aliphatic carbocycles. The fourth-order valence-corrected chi connectivity index (χ4v) is 9.71. The van der Waals surface area contributed by atoms with Crippen LogP contribution in [0.2, 0.25) is 0 Å². The molecule has 2 fully saturated rings. The molecule has 8 rings (SSSR count). The van der Waals surface area contributed by atoms with Crippen molar-refractivity contribution in [3.05, 3.63) is 202 Å². The first kappa shape index (κ1) is 51.1. The van der Waals surface area contributed by atoms with Gasteiger partial charge in [0.1, 0.15) is 11.5 Å². The minimum absolute atomic E-state index is 0.195. The Kier molecular flexibility index (Phi) is 17.5. The fourth-order valence-electron chi connectivity index (χ4n) is 9.71. The Morgan fingerprint density at radius 2 is 0.792 bits per heavy atom. The lowest BCUT2D eigenvalue weighted by atomic mass is 9.99. The van der Waals surface area contributed by atoms with Crippen LogP contribution in [-0.2, 0) is 54.8 Å². The summed E-state index contributed by atoms with van der Waals surface area (Å²) in [6, 6.07) is 49.6. The van der Waals surface area contributed by atoms with E-state index in [1.54, 1.807) is 72.6 Å². The second-order valence-electron chi connectivity index (χ2n) is 19.0. The van der Waals surface area contributed by atoms with Gasteiger partial charge in [-0.05, 0) is 86.1 Å². The van der Waals surface area contributed by atoms with Crippen molar-refractivity contribution in [3.8, 4) is 11.5 Å². The monoisotopic (exact) mass is 970 g/mol. The normalized spacial score (nSPS) is 15.4. The smallest absolute Gasteiger partial charge is 0.418 e. The molecule has 2 aliphatic heterocycles. The summed E-state index contributed by atoms with van der Waals surface area (Å²) in [5.74, 6) is -2.68. The van der Waals surface area contributed by atoms with Crippen molar-refractivity contribution in [2.75, 3.05) is 40.4 Å². The van der Waals surface area contributed by atoms with E-state index < -0.39 is 36.0 Å². The molecule has 0 saturated carbocycles. The third kappa shape index (κ3) is 13.6. The van der Waals surface area contributed by atoms with Crippen LogP contribution in [0.4, 0.5) is 0 Å². The number of benzene rings is 6. The molecular weight excluding hydrogens is 905 g/mol. The van der Waals surface area contributed by atoms with E-state index >= 15 is 9.59 Å². The molecule has 12 nitrogen and oxygen atoms in total. The summed E-state index contributed by atoms with van der Waals surface area (Å²) in [5.41, 5.74) is 7.14.